The van der Waals surface area contributed by atoms with Gasteiger partial charge in [0.15, 0.2) is 0 Å². The summed E-state index contributed by atoms with van der Waals surface area (Å²) in [5.41, 5.74) is -3.30. The molecule has 2 saturated heterocycles. The van der Waals surface area contributed by atoms with Gasteiger partial charge in [-0.1, -0.05) is 37.6 Å². The molecule has 2 fully saturated rings. The number of amides is 2. The van der Waals surface area contributed by atoms with E-state index in [0.717, 1.165) is 45.8 Å². The van der Waals surface area contributed by atoms with Gasteiger partial charge in [0.2, 0.25) is 5.60 Å². The number of carbonyl (C=O) groups excluding carboxylic acids is 2. The lowest BCUT2D eigenvalue weighted by Gasteiger charge is -2.51. The van der Waals surface area contributed by atoms with Crippen LogP contribution in [-0.4, -0.2) is 69.6 Å². The molecular formula is C36H38F6N4O4S. The van der Waals surface area contributed by atoms with Gasteiger partial charge in [-0.2, -0.15) is 31.6 Å². The molecule has 2 aliphatic rings. The minimum Gasteiger partial charge on any atom is -0.474 e. The Labute approximate surface area is 295 Å². The number of likely N-dealkylation sites (tertiary alicyclic amines) is 2. The fourth-order valence-electron chi connectivity index (χ4n) is 7.35. The predicted octanol–water partition coefficient (Wildman–Crippen LogP) is 7.41. The molecule has 4 heterocycles. The molecule has 8 nitrogen and oxygen atoms in total. The van der Waals surface area contributed by atoms with Gasteiger partial charge in [-0.3, -0.25) is 14.6 Å². The second-order valence-corrected chi connectivity index (χ2v) is 13.8. The number of alkyl halides is 6. The number of ether oxygens (including phenoxy) is 1. The van der Waals surface area contributed by atoms with Gasteiger partial charge >= 0.3 is 12.4 Å². The van der Waals surface area contributed by atoms with Crippen molar-refractivity contribution in [2.24, 2.45) is 0 Å². The van der Waals surface area contributed by atoms with Crippen LogP contribution in [0.15, 0.2) is 54.0 Å². The number of aryl methyl sites for hydroxylation is 1. The SMILES string of the molecule is CCC[C@H]1N(C(=O)c2ncccc2C(F)(F)F)CCC[C@@]1(Oc1csc(C(F)(F)F)c1)C(=O)N1CCC(C#N)(c2ccccc2CCCO)CC1. The van der Waals surface area contributed by atoms with Crippen molar-refractivity contribution in [3.8, 4) is 11.8 Å². The number of carbonyl (C=O) groups is 2. The highest BCUT2D eigenvalue weighted by atomic mass is 32.1. The number of pyridine rings is 1. The van der Waals surface area contributed by atoms with E-state index in [2.05, 4.69) is 11.1 Å². The van der Waals surface area contributed by atoms with Crippen LogP contribution in [0.25, 0.3) is 0 Å². The number of rotatable bonds is 10. The summed E-state index contributed by atoms with van der Waals surface area (Å²) < 4.78 is 89.3. The Hall–Kier alpha value is -4.16. The van der Waals surface area contributed by atoms with Crippen molar-refractivity contribution in [3.05, 3.63) is 81.3 Å². The van der Waals surface area contributed by atoms with Crippen LogP contribution in [0.3, 0.4) is 0 Å². The fourth-order valence-corrected chi connectivity index (χ4v) is 8.03. The van der Waals surface area contributed by atoms with Gasteiger partial charge in [0.25, 0.3) is 11.8 Å². The quantitative estimate of drug-likeness (QED) is 0.218. The van der Waals surface area contributed by atoms with Crippen molar-refractivity contribution in [1.82, 2.24) is 14.8 Å². The summed E-state index contributed by atoms with van der Waals surface area (Å²) in [6.07, 6.45) is -6.48. The third-order valence-corrected chi connectivity index (χ3v) is 10.7. The van der Waals surface area contributed by atoms with E-state index in [9.17, 15) is 46.3 Å². The first-order valence-electron chi connectivity index (χ1n) is 16.8. The first-order chi connectivity index (χ1) is 24.2. The number of halogens is 6. The van der Waals surface area contributed by atoms with E-state index < -0.39 is 57.4 Å². The topological polar surface area (TPSA) is 107 Å². The minimum absolute atomic E-state index is 0.0181. The highest BCUT2D eigenvalue weighted by Crippen LogP contribution is 2.44. The molecule has 51 heavy (non-hydrogen) atoms. The van der Waals surface area contributed by atoms with Crippen molar-refractivity contribution in [3.63, 3.8) is 0 Å². The monoisotopic (exact) mass is 736 g/mol. The molecule has 0 unspecified atom stereocenters. The molecule has 274 valence electrons. The molecule has 0 bridgehead atoms. The van der Waals surface area contributed by atoms with Crippen LogP contribution < -0.4 is 4.74 Å². The van der Waals surface area contributed by atoms with Gasteiger partial charge in [0, 0.05) is 50.3 Å². The molecule has 2 atom stereocenters. The predicted molar refractivity (Wildman–Crippen MR) is 176 cm³/mol. The summed E-state index contributed by atoms with van der Waals surface area (Å²) in [6, 6.07) is 11.3. The summed E-state index contributed by atoms with van der Waals surface area (Å²) in [4.78, 5) is 34.3. The maximum absolute atomic E-state index is 14.9. The van der Waals surface area contributed by atoms with Crippen LogP contribution in [0.5, 0.6) is 5.75 Å². The largest absolute Gasteiger partial charge is 0.474 e. The Morgan fingerprint density at radius 2 is 1.78 bits per heavy atom. The Morgan fingerprint density at radius 3 is 2.41 bits per heavy atom. The van der Waals surface area contributed by atoms with Crippen LogP contribution >= 0.6 is 11.3 Å². The van der Waals surface area contributed by atoms with Crippen LogP contribution in [0.1, 0.15) is 83.9 Å². The fraction of sp³-hybridized carbons (Fsp3) is 0.500. The number of aromatic nitrogens is 1. The standard InChI is InChI=1S/C36H38F6N4O4S/c1-2-8-28-34(50-25-21-29(51-22-25)36(40,41)42,13-7-17-46(28)31(48)30-27(35(37,38)39)12-5-16-44-30)32(49)45-18-14-33(23-43,15-19-45)26-11-4-3-9-24(26)10-6-20-47/h3-5,9,11-12,16,21-22,28,47H,2,6-8,10,13-15,17-20H2,1H3/t28-,34+/m1/s1. The zero-order valence-corrected chi connectivity index (χ0v) is 28.7. The average molecular weight is 737 g/mol. The second-order valence-electron chi connectivity index (χ2n) is 12.9. The average Bonchev–Trinajstić information content (AvgIpc) is 3.60. The molecule has 0 radical (unpaired) electrons. The van der Waals surface area contributed by atoms with Gasteiger partial charge in [-0.25, -0.2) is 0 Å². The molecule has 1 aromatic carbocycles. The molecular weight excluding hydrogens is 698 g/mol. The van der Waals surface area contributed by atoms with E-state index in [-0.39, 0.29) is 64.1 Å². The van der Waals surface area contributed by atoms with E-state index in [1.54, 1.807) is 6.92 Å². The number of piperidine rings is 2. The zero-order valence-electron chi connectivity index (χ0n) is 27.9. The smallest absolute Gasteiger partial charge is 0.425 e. The van der Waals surface area contributed by atoms with Crippen LogP contribution in [-0.2, 0) is 29.0 Å². The lowest BCUT2D eigenvalue weighted by Crippen LogP contribution is -2.68. The third kappa shape index (κ3) is 7.72. The van der Waals surface area contributed by atoms with Crippen LogP contribution in [0, 0.1) is 11.3 Å². The molecule has 2 aromatic heterocycles. The first kappa shape index (κ1) is 38.1. The van der Waals surface area contributed by atoms with Gasteiger partial charge < -0.3 is 19.6 Å². The third-order valence-electron chi connectivity index (χ3n) is 9.77. The first-order valence-corrected chi connectivity index (χ1v) is 17.7. The van der Waals surface area contributed by atoms with E-state index in [1.807, 2.05) is 24.3 Å². The number of nitrogens with zero attached hydrogens (tertiary/aromatic N) is 4. The van der Waals surface area contributed by atoms with Crippen LogP contribution in [0.2, 0.25) is 0 Å². The number of hydrogen-bond acceptors (Lipinski definition) is 7. The van der Waals surface area contributed by atoms with Gasteiger partial charge in [-0.15, -0.1) is 11.3 Å². The van der Waals surface area contributed by atoms with Crippen LogP contribution in [0.4, 0.5) is 26.3 Å². The van der Waals surface area contributed by atoms with E-state index in [0.29, 0.717) is 30.6 Å². The molecule has 0 aliphatic carbocycles. The molecule has 0 saturated carbocycles. The van der Waals surface area contributed by atoms with E-state index in [4.69, 9.17) is 4.74 Å². The van der Waals surface area contributed by atoms with Crippen molar-refractivity contribution < 1.29 is 45.8 Å². The summed E-state index contributed by atoms with van der Waals surface area (Å²) >= 11 is 0.379. The summed E-state index contributed by atoms with van der Waals surface area (Å²) in [7, 11) is 0. The van der Waals surface area contributed by atoms with Gasteiger partial charge in [-0.05, 0) is 61.8 Å². The Kier molecular flexibility index (Phi) is 11.4. The normalized spacial score (nSPS) is 20.9. The second kappa shape index (κ2) is 15.2. The maximum Gasteiger partial charge on any atom is 0.425 e. The van der Waals surface area contributed by atoms with Crippen molar-refractivity contribution in [2.75, 3.05) is 26.2 Å². The molecule has 0 spiro atoms. The minimum atomic E-state index is -4.90. The number of thiophene rings is 1. The summed E-state index contributed by atoms with van der Waals surface area (Å²) in [5, 5.41) is 21.0. The summed E-state index contributed by atoms with van der Waals surface area (Å²) in [6.45, 7) is 1.86. The van der Waals surface area contributed by atoms with E-state index >= 15 is 0 Å². The van der Waals surface area contributed by atoms with Gasteiger partial charge in [0.05, 0.1) is 23.1 Å². The summed E-state index contributed by atoms with van der Waals surface area (Å²) in [5.74, 6) is -1.92. The van der Waals surface area contributed by atoms with Crippen molar-refractivity contribution in [1.29, 1.82) is 5.26 Å². The Morgan fingerprint density at radius 1 is 1.06 bits per heavy atom. The lowest BCUT2D eigenvalue weighted by molar-refractivity contribution is -0.160. The lowest BCUT2D eigenvalue weighted by atomic mass is 9.71. The Balaban J connectivity index is 1.54. The van der Waals surface area contributed by atoms with E-state index in [1.165, 1.54) is 4.90 Å². The van der Waals surface area contributed by atoms with Crippen molar-refractivity contribution >= 4 is 23.2 Å². The number of hydrogen-bond donors (Lipinski definition) is 1. The number of aliphatic hydroxyl groups is 1. The van der Waals surface area contributed by atoms with Crippen molar-refractivity contribution in [2.45, 2.75) is 87.7 Å². The molecule has 2 amide bonds. The highest BCUT2D eigenvalue weighted by molar-refractivity contribution is 7.10. The zero-order chi connectivity index (χ0) is 37.0. The molecule has 1 N–H and O–H groups in total. The highest BCUT2D eigenvalue weighted by Gasteiger charge is 2.57. The number of benzene rings is 1. The molecule has 3 aromatic rings. The number of nitriles is 1. The van der Waals surface area contributed by atoms with Gasteiger partial charge in [0.1, 0.15) is 16.3 Å². The maximum atomic E-state index is 14.9. The number of aliphatic hydroxyl groups excluding tert-OH is 1. The Bertz CT molecular complexity index is 1750. The molecule has 2 aliphatic heterocycles. The molecule has 15 heteroatoms. The molecule has 5 rings (SSSR count).